The molecule has 0 bridgehead atoms. The Morgan fingerprint density at radius 3 is 2.34 bits per heavy atom. The van der Waals surface area contributed by atoms with Crippen LogP contribution < -0.4 is 15.0 Å². The molecule has 208 valence electrons. The van der Waals surface area contributed by atoms with Gasteiger partial charge in [-0.2, -0.15) is 4.98 Å². The van der Waals surface area contributed by atoms with Gasteiger partial charge in [0, 0.05) is 55.8 Å². The van der Waals surface area contributed by atoms with E-state index >= 15 is 0 Å². The van der Waals surface area contributed by atoms with E-state index in [2.05, 4.69) is 58.1 Å². The maximum atomic E-state index is 5.87. The number of ether oxygens (including phenoxy) is 1. The molecular formula is C31H48N6O. The zero-order valence-electron chi connectivity index (χ0n) is 23.9. The number of rotatable bonds is 9. The fourth-order valence-corrected chi connectivity index (χ4v) is 6.22. The van der Waals surface area contributed by atoms with Crippen LogP contribution in [0.15, 0.2) is 18.2 Å². The van der Waals surface area contributed by atoms with Crippen LogP contribution in [0.25, 0.3) is 17.0 Å². The molecule has 1 aromatic heterocycles. The average Bonchev–Trinajstić information content (AvgIpc) is 2.96. The Bertz CT molecular complexity index is 1070. The summed E-state index contributed by atoms with van der Waals surface area (Å²) in [6, 6.07) is 5.38. The van der Waals surface area contributed by atoms with Crippen molar-refractivity contribution in [2.45, 2.75) is 83.7 Å². The van der Waals surface area contributed by atoms with Crippen LogP contribution in [-0.4, -0.2) is 84.8 Å². The molecule has 3 saturated heterocycles. The molecule has 38 heavy (non-hydrogen) atoms. The number of hydrogen-bond donors (Lipinski definition) is 1. The monoisotopic (exact) mass is 520 g/mol. The number of fused-ring (bicyclic) bond motifs is 1. The fraction of sp³-hybridized carbons (Fsp3) is 0.677. The zero-order chi connectivity index (χ0) is 26.3. The van der Waals surface area contributed by atoms with Crippen LogP contribution >= 0.6 is 0 Å². The lowest BCUT2D eigenvalue weighted by Gasteiger charge is -2.35. The molecule has 0 saturated carbocycles. The summed E-state index contributed by atoms with van der Waals surface area (Å²) in [5.41, 5.74) is 2.09. The molecule has 1 N–H and O–H groups in total. The lowest BCUT2D eigenvalue weighted by atomic mass is 10.0. The van der Waals surface area contributed by atoms with Crippen molar-refractivity contribution in [1.82, 2.24) is 19.8 Å². The summed E-state index contributed by atoms with van der Waals surface area (Å²) < 4.78 is 5.87. The van der Waals surface area contributed by atoms with Gasteiger partial charge >= 0.3 is 0 Å². The molecular weight excluding hydrogens is 472 g/mol. The number of benzene rings is 1. The summed E-state index contributed by atoms with van der Waals surface area (Å²) in [4.78, 5) is 17.7. The third-order valence-electron chi connectivity index (χ3n) is 8.63. The van der Waals surface area contributed by atoms with Gasteiger partial charge in [-0.3, -0.25) is 0 Å². The van der Waals surface area contributed by atoms with E-state index in [0.717, 1.165) is 86.0 Å². The quantitative estimate of drug-likeness (QED) is 0.448. The molecule has 0 amide bonds. The predicted molar refractivity (Wildman–Crippen MR) is 159 cm³/mol. The van der Waals surface area contributed by atoms with Crippen LogP contribution in [0, 0.1) is 0 Å². The van der Waals surface area contributed by atoms with E-state index in [1.807, 2.05) is 0 Å². The van der Waals surface area contributed by atoms with Crippen LogP contribution in [0.2, 0.25) is 0 Å². The van der Waals surface area contributed by atoms with Gasteiger partial charge in [0.1, 0.15) is 11.6 Å². The molecule has 0 spiro atoms. The first-order chi connectivity index (χ1) is 18.6. The Morgan fingerprint density at radius 1 is 0.947 bits per heavy atom. The first-order valence-corrected chi connectivity index (χ1v) is 15.1. The zero-order valence-corrected chi connectivity index (χ0v) is 23.9. The highest BCUT2D eigenvalue weighted by atomic mass is 16.5. The molecule has 0 atom stereocenters. The highest BCUT2D eigenvalue weighted by molar-refractivity contribution is 5.93. The molecule has 3 fully saturated rings. The Hall–Kier alpha value is -2.38. The van der Waals surface area contributed by atoms with E-state index in [-0.39, 0.29) is 0 Å². The SMILES string of the molecule is COc1cc2c(NC3CCN(C(C)C)CC3)nc(N3CCCCC3)nc2cc1/C=C/CCN1CCCCC1. The van der Waals surface area contributed by atoms with E-state index in [0.29, 0.717) is 12.1 Å². The molecule has 0 unspecified atom stereocenters. The van der Waals surface area contributed by atoms with E-state index in [1.54, 1.807) is 7.11 Å². The molecule has 1 aromatic carbocycles. The van der Waals surface area contributed by atoms with E-state index in [1.165, 1.54) is 51.6 Å². The second-order valence-electron chi connectivity index (χ2n) is 11.7. The standard InChI is InChI=1S/C31H48N6O/c1-24(2)36-20-13-26(14-21-36)32-30-27-23-29(38-3)25(12-6-11-17-35-15-7-4-8-16-35)22-28(27)33-31(34-30)37-18-9-5-10-19-37/h6,12,22-24,26H,4-5,7-11,13-21H2,1-3H3,(H,32,33,34)/b12-6+. The minimum absolute atomic E-state index is 0.428. The van der Waals surface area contributed by atoms with Crippen LogP contribution in [-0.2, 0) is 0 Å². The Morgan fingerprint density at radius 2 is 1.66 bits per heavy atom. The highest BCUT2D eigenvalue weighted by Crippen LogP contribution is 2.33. The first-order valence-electron chi connectivity index (χ1n) is 15.1. The third-order valence-corrected chi connectivity index (χ3v) is 8.63. The van der Waals surface area contributed by atoms with Crippen molar-refractivity contribution in [3.63, 3.8) is 0 Å². The number of anilines is 2. The molecule has 4 heterocycles. The van der Waals surface area contributed by atoms with Crippen LogP contribution in [0.3, 0.4) is 0 Å². The second kappa shape index (κ2) is 13.1. The number of likely N-dealkylation sites (tertiary alicyclic amines) is 2. The van der Waals surface area contributed by atoms with Gasteiger partial charge in [0.25, 0.3) is 0 Å². The van der Waals surface area contributed by atoms with Crippen molar-refractivity contribution >= 4 is 28.7 Å². The molecule has 5 rings (SSSR count). The van der Waals surface area contributed by atoms with Crippen LogP contribution in [0.4, 0.5) is 11.8 Å². The Labute approximate surface area is 229 Å². The van der Waals surface area contributed by atoms with Crippen molar-refractivity contribution in [2.24, 2.45) is 0 Å². The van der Waals surface area contributed by atoms with E-state index < -0.39 is 0 Å². The summed E-state index contributed by atoms with van der Waals surface area (Å²) in [6.45, 7) is 12.6. The van der Waals surface area contributed by atoms with Crippen molar-refractivity contribution in [3.05, 3.63) is 23.8 Å². The van der Waals surface area contributed by atoms with Crippen molar-refractivity contribution in [1.29, 1.82) is 0 Å². The predicted octanol–water partition coefficient (Wildman–Crippen LogP) is 5.80. The maximum absolute atomic E-state index is 5.87. The fourth-order valence-electron chi connectivity index (χ4n) is 6.22. The summed E-state index contributed by atoms with van der Waals surface area (Å²) in [7, 11) is 1.77. The lowest BCUT2D eigenvalue weighted by Crippen LogP contribution is -2.42. The normalized spacial score (nSPS) is 20.6. The van der Waals surface area contributed by atoms with Crippen LogP contribution in [0.1, 0.15) is 77.2 Å². The molecule has 7 nitrogen and oxygen atoms in total. The smallest absolute Gasteiger partial charge is 0.227 e. The number of methoxy groups -OCH3 is 1. The number of nitrogens with zero attached hydrogens (tertiary/aromatic N) is 5. The molecule has 2 aromatic rings. The van der Waals surface area contributed by atoms with Crippen LogP contribution in [0.5, 0.6) is 5.75 Å². The molecule has 0 aliphatic carbocycles. The number of piperidine rings is 3. The molecule has 3 aliphatic rings. The third kappa shape index (κ3) is 6.78. The second-order valence-corrected chi connectivity index (χ2v) is 11.7. The van der Waals surface area contributed by atoms with Gasteiger partial charge < -0.3 is 24.8 Å². The minimum atomic E-state index is 0.428. The minimum Gasteiger partial charge on any atom is -0.496 e. The van der Waals surface area contributed by atoms with E-state index in [9.17, 15) is 0 Å². The van der Waals surface area contributed by atoms with Gasteiger partial charge in [-0.15, -0.1) is 0 Å². The van der Waals surface area contributed by atoms with Gasteiger partial charge in [0.15, 0.2) is 0 Å². The van der Waals surface area contributed by atoms with Gasteiger partial charge in [-0.1, -0.05) is 18.6 Å². The van der Waals surface area contributed by atoms with Gasteiger partial charge in [0.05, 0.1) is 12.6 Å². The largest absolute Gasteiger partial charge is 0.496 e. The van der Waals surface area contributed by atoms with E-state index in [4.69, 9.17) is 14.7 Å². The van der Waals surface area contributed by atoms with Gasteiger partial charge in [-0.05, 0) is 90.4 Å². The summed E-state index contributed by atoms with van der Waals surface area (Å²) in [6.07, 6.45) is 15.6. The number of nitrogens with one attached hydrogen (secondary N) is 1. The van der Waals surface area contributed by atoms with Crippen molar-refractivity contribution < 1.29 is 4.74 Å². The maximum Gasteiger partial charge on any atom is 0.227 e. The molecule has 0 radical (unpaired) electrons. The van der Waals surface area contributed by atoms with Crippen molar-refractivity contribution in [3.8, 4) is 5.75 Å². The average molecular weight is 521 g/mol. The van der Waals surface area contributed by atoms with Gasteiger partial charge in [0.2, 0.25) is 5.95 Å². The van der Waals surface area contributed by atoms with Crippen molar-refractivity contribution in [2.75, 3.05) is 63.1 Å². The number of hydrogen-bond acceptors (Lipinski definition) is 7. The first kappa shape index (κ1) is 27.2. The lowest BCUT2D eigenvalue weighted by molar-refractivity contribution is 0.177. The van der Waals surface area contributed by atoms with Gasteiger partial charge in [-0.25, -0.2) is 4.98 Å². The molecule has 7 heteroatoms. The molecule has 3 aliphatic heterocycles. The summed E-state index contributed by atoms with van der Waals surface area (Å²) in [5, 5.41) is 4.89. The Balaban J connectivity index is 1.39. The summed E-state index contributed by atoms with van der Waals surface area (Å²) in [5.74, 6) is 2.71. The topological polar surface area (TPSA) is 56.8 Å². The highest BCUT2D eigenvalue weighted by Gasteiger charge is 2.23. The Kier molecular flexibility index (Phi) is 9.39. The summed E-state index contributed by atoms with van der Waals surface area (Å²) >= 11 is 0. The number of aromatic nitrogens is 2.